The summed E-state index contributed by atoms with van der Waals surface area (Å²) in [4.78, 5) is 2.49. The van der Waals surface area contributed by atoms with E-state index in [0.29, 0.717) is 16.9 Å². The molecule has 2 N–H and O–H groups in total. The molecule has 34 heavy (non-hydrogen) atoms. The minimum Gasteiger partial charge on any atom is -0.508 e. The highest BCUT2D eigenvalue weighted by Crippen LogP contribution is 2.49. The average molecular weight is 454 g/mol. The van der Waals surface area contributed by atoms with Crippen molar-refractivity contribution in [2.24, 2.45) is 0 Å². The summed E-state index contributed by atoms with van der Waals surface area (Å²) in [6.07, 6.45) is 8.27. The van der Waals surface area contributed by atoms with Crippen LogP contribution in [0, 0.1) is 0 Å². The number of benzene rings is 3. The fourth-order valence-corrected chi connectivity index (χ4v) is 5.04. The Labute approximate surface area is 201 Å². The fraction of sp³-hybridized carbons (Fsp3) is 0.267. The van der Waals surface area contributed by atoms with E-state index in [1.165, 1.54) is 32.4 Å². The lowest BCUT2D eigenvalue weighted by atomic mass is 9.83. The lowest BCUT2D eigenvalue weighted by Crippen LogP contribution is -2.37. The Morgan fingerprint density at radius 3 is 2.47 bits per heavy atom. The van der Waals surface area contributed by atoms with Gasteiger partial charge in [-0.1, -0.05) is 73.2 Å². The second kappa shape index (κ2) is 9.49. The number of likely N-dealkylation sites (tertiary alicyclic amines) is 1. The van der Waals surface area contributed by atoms with Crippen molar-refractivity contribution in [3.63, 3.8) is 0 Å². The Morgan fingerprint density at radius 1 is 0.941 bits per heavy atom. The van der Waals surface area contributed by atoms with Crippen LogP contribution in [0.15, 0.2) is 78.9 Å². The standard InChI is InChI=1S/C30H31NO3/c1-22-27-12-3-4-13-28(27)34-30(33,29(22)24-10-7-11-26(32)21-24)25-16-14-23(15-17-25)9-8-20-31-18-5-2-6-19-31/h3-4,7-17,21,32-33H,2,5-6,18-20H2,1H3/b9-8+. The largest absolute Gasteiger partial charge is 0.508 e. The van der Waals surface area contributed by atoms with Gasteiger partial charge < -0.3 is 14.9 Å². The van der Waals surface area contributed by atoms with E-state index in [0.717, 1.165) is 28.8 Å². The summed E-state index contributed by atoms with van der Waals surface area (Å²) in [6.45, 7) is 5.32. The van der Waals surface area contributed by atoms with Crippen molar-refractivity contribution in [2.75, 3.05) is 19.6 Å². The van der Waals surface area contributed by atoms with E-state index < -0.39 is 5.79 Å². The predicted octanol–water partition coefficient (Wildman–Crippen LogP) is 6.06. The third-order valence-electron chi connectivity index (χ3n) is 6.82. The van der Waals surface area contributed by atoms with Crippen molar-refractivity contribution in [2.45, 2.75) is 32.0 Å². The minimum absolute atomic E-state index is 0.146. The number of ether oxygens (including phenoxy) is 1. The number of aliphatic hydroxyl groups is 1. The van der Waals surface area contributed by atoms with E-state index in [9.17, 15) is 10.2 Å². The van der Waals surface area contributed by atoms with Gasteiger partial charge in [0, 0.05) is 23.2 Å². The molecule has 4 heteroatoms. The SMILES string of the molecule is CC1=C(c2cccc(O)c2)C(O)(c2ccc(/C=C/CN3CCCCC3)cc2)Oc2ccccc21. The van der Waals surface area contributed by atoms with Crippen LogP contribution in [0.1, 0.15) is 48.4 Å². The van der Waals surface area contributed by atoms with Crippen LogP contribution < -0.4 is 4.74 Å². The zero-order chi connectivity index (χ0) is 23.5. The highest BCUT2D eigenvalue weighted by Gasteiger charge is 2.42. The summed E-state index contributed by atoms with van der Waals surface area (Å²) < 4.78 is 6.27. The number of piperidine rings is 1. The first kappa shape index (κ1) is 22.5. The van der Waals surface area contributed by atoms with Gasteiger partial charge in [-0.15, -0.1) is 0 Å². The molecule has 5 rings (SSSR count). The van der Waals surface area contributed by atoms with Crippen LogP contribution in [-0.2, 0) is 5.79 Å². The molecule has 174 valence electrons. The van der Waals surface area contributed by atoms with Crippen molar-refractivity contribution in [3.05, 3.63) is 101 Å². The van der Waals surface area contributed by atoms with Crippen LogP contribution in [0.5, 0.6) is 11.5 Å². The van der Waals surface area contributed by atoms with Gasteiger partial charge in [-0.25, -0.2) is 0 Å². The first-order valence-corrected chi connectivity index (χ1v) is 12.1. The zero-order valence-electron chi connectivity index (χ0n) is 19.6. The maximum Gasteiger partial charge on any atom is 0.262 e. The van der Waals surface area contributed by atoms with Crippen LogP contribution in [0.3, 0.4) is 0 Å². The lowest BCUT2D eigenvalue weighted by Gasteiger charge is -2.38. The van der Waals surface area contributed by atoms with E-state index in [1.54, 1.807) is 18.2 Å². The third-order valence-corrected chi connectivity index (χ3v) is 6.82. The highest BCUT2D eigenvalue weighted by atomic mass is 16.6. The number of para-hydroxylation sites is 1. The quantitative estimate of drug-likeness (QED) is 0.493. The minimum atomic E-state index is -1.68. The van der Waals surface area contributed by atoms with E-state index >= 15 is 0 Å². The molecule has 1 saturated heterocycles. The van der Waals surface area contributed by atoms with Crippen LogP contribution >= 0.6 is 0 Å². The Morgan fingerprint density at radius 2 is 1.71 bits per heavy atom. The number of aromatic hydroxyl groups is 1. The number of hydrogen-bond donors (Lipinski definition) is 2. The normalized spacial score (nSPS) is 20.9. The predicted molar refractivity (Wildman–Crippen MR) is 137 cm³/mol. The van der Waals surface area contributed by atoms with Gasteiger partial charge in [0.1, 0.15) is 11.5 Å². The Kier molecular flexibility index (Phi) is 6.27. The van der Waals surface area contributed by atoms with Crippen LogP contribution in [-0.4, -0.2) is 34.7 Å². The summed E-state index contributed by atoms with van der Waals surface area (Å²) in [5.41, 5.74) is 4.94. The van der Waals surface area contributed by atoms with Gasteiger partial charge in [0.05, 0.1) is 0 Å². The molecule has 0 aromatic heterocycles. The molecule has 1 fully saturated rings. The van der Waals surface area contributed by atoms with E-state index in [1.807, 2.05) is 61.5 Å². The monoisotopic (exact) mass is 453 g/mol. The van der Waals surface area contributed by atoms with Crippen molar-refractivity contribution < 1.29 is 14.9 Å². The van der Waals surface area contributed by atoms with Crippen LogP contribution in [0.25, 0.3) is 17.2 Å². The highest BCUT2D eigenvalue weighted by molar-refractivity contribution is 5.96. The number of phenolic OH excluding ortho intramolecular Hbond substituents is 1. The van der Waals surface area contributed by atoms with Gasteiger partial charge in [0.15, 0.2) is 0 Å². The molecular formula is C30H31NO3. The molecule has 1 unspecified atom stereocenters. The number of nitrogens with zero attached hydrogens (tertiary/aromatic N) is 1. The second-order valence-electron chi connectivity index (χ2n) is 9.18. The number of rotatable bonds is 5. The summed E-state index contributed by atoms with van der Waals surface area (Å²) in [5.74, 6) is -0.896. The van der Waals surface area contributed by atoms with Crippen molar-refractivity contribution in [3.8, 4) is 11.5 Å². The topological polar surface area (TPSA) is 52.9 Å². The molecule has 3 aromatic rings. The average Bonchev–Trinajstić information content (AvgIpc) is 2.85. The number of fused-ring (bicyclic) bond motifs is 1. The van der Waals surface area contributed by atoms with Crippen LogP contribution in [0.4, 0.5) is 0 Å². The Bertz CT molecular complexity index is 1220. The van der Waals surface area contributed by atoms with Gasteiger partial charge in [0.25, 0.3) is 5.79 Å². The molecular weight excluding hydrogens is 422 g/mol. The van der Waals surface area contributed by atoms with Gasteiger partial charge in [-0.3, -0.25) is 4.90 Å². The molecule has 0 saturated carbocycles. The molecule has 0 bridgehead atoms. The Hall–Kier alpha value is -3.34. The van der Waals surface area contributed by atoms with E-state index in [2.05, 4.69) is 17.1 Å². The lowest BCUT2D eigenvalue weighted by molar-refractivity contribution is -0.0929. The molecule has 2 aliphatic rings. The third kappa shape index (κ3) is 4.39. The summed E-state index contributed by atoms with van der Waals surface area (Å²) >= 11 is 0. The molecule has 2 heterocycles. The van der Waals surface area contributed by atoms with Crippen LogP contribution in [0.2, 0.25) is 0 Å². The first-order chi connectivity index (χ1) is 16.5. The number of hydrogen-bond acceptors (Lipinski definition) is 4. The molecule has 0 amide bonds. The van der Waals surface area contributed by atoms with Crippen molar-refractivity contribution in [1.29, 1.82) is 0 Å². The van der Waals surface area contributed by atoms with Crippen molar-refractivity contribution in [1.82, 2.24) is 4.90 Å². The van der Waals surface area contributed by atoms with E-state index in [4.69, 9.17) is 4.74 Å². The summed E-state index contributed by atoms with van der Waals surface area (Å²) in [6, 6.07) is 22.6. The molecule has 1 atom stereocenters. The molecule has 0 radical (unpaired) electrons. The maximum absolute atomic E-state index is 12.0. The molecule has 3 aromatic carbocycles. The molecule has 4 nitrogen and oxygen atoms in total. The van der Waals surface area contributed by atoms with Gasteiger partial charge in [0.2, 0.25) is 0 Å². The maximum atomic E-state index is 12.0. The molecule has 2 aliphatic heterocycles. The summed E-state index contributed by atoms with van der Waals surface area (Å²) in [5, 5.41) is 22.1. The zero-order valence-corrected chi connectivity index (χ0v) is 19.6. The molecule has 0 spiro atoms. The first-order valence-electron chi connectivity index (χ1n) is 12.1. The second-order valence-corrected chi connectivity index (χ2v) is 9.18. The van der Waals surface area contributed by atoms with Crippen molar-refractivity contribution >= 4 is 17.2 Å². The number of phenols is 1. The van der Waals surface area contributed by atoms with E-state index in [-0.39, 0.29) is 5.75 Å². The Balaban J connectivity index is 1.48. The van der Waals surface area contributed by atoms with Gasteiger partial charge in [-0.2, -0.15) is 0 Å². The van der Waals surface area contributed by atoms with Gasteiger partial charge in [-0.05, 0) is 67.8 Å². The molecule has 0 aliphatic carbocycles. The summed E-state index contributed by atoms with van der Waals surface area (Å²) in [7, 11) is 0. The smallest absolute Gasteiger partial charge is 0.262 e. The fourth-order valence-electron chi connectivity index (χ4n) is 5.04. The number of allylic oxidation sites excluding steroid dienone is 1. The van der Waals surface area contributed by atoms with Gasteiger partial charge >= 0.3 is 0 Å².